The standard InChI is InChI=1S/C25H24F2O2S/c1-3-4-5-24(18-10-16-23(17-11-18)30(2,28)29)25(19-6-12-21(26)13-7-19)20-8-14-22(27)15-9-20/h6-17H,3-5H2,1-2H3. The van der Waals surface area contributed by atoms with E-state index in [2.05, 4.69) is 6.92 Å². The van der Waals surface area contributed by atoms with Crippen molar-refractivity contribution in [2.24, 2.45) is 0 Å². The number of halogens is 2. The largest absolute Gasteiger partial charge is 0.224 e. The lowest BCUT2D eigenvalue weighted by molar-refractivity contribution is 0.602. The number of sulfone groups is 1. The van der Waals surface area contributed by atoms with Crippen LogP contribution in [-0.2, 0) is 9.84 Å². The van der Waals surface area contributed by atoms with Crippen LogP contribution in [0.15, 0.2) is 77.7 Å². The van der Waals surface area contributed by atoms with Crippen LogP contribution in [0, 0.1) is 11.6 Å². The molecule has 3 rings (SSSR count). The predicted octanol–water partition coefficient (Wildman–Crippen LogP) is 6.52. The van der Waals surface area contributed by atoms with Crippen molar-refractivity contribution in [3.05, 3.63) is 101 Å². The van der Waals surface area contributed by atoms with Crippen LogP contribution < -0.4 is 0 Å². The highest BCUT2D eigenvalue weighted by Crippen LogP contribution is 2.36. The third kappa shape index (κ3) is 5.22. The minimum Gasteiger partial charge on any atom is -0.224 e. The maximum atomic E-state index is 13.6. The van der Waals surface area contributed by atoms with Gasteiger partial charge >= 0.3 is 0 Å². The van der Waals surface area contributed by atoms with Crippen LogP contribution in [0.5, 0.6) is 0 Å². The maximum absolute atomic E-state index is 13.6. The number of allylic oxidation sites excluding steroid dienone is 1. The summed E-state index contributed by atoms with van der Waals surface area (Å²) in [7, 11) is -3.30. The SMILES string of the molecule is CCCCC(=C(c1ccc(F)cc1)c1ccc(F)cc1)c1ccc(S(C)(=O)=O)cc1. The molecule has 0 spiro atoms. The fourth-order valence-electron chi connectivity index (χ4n) is 3.42. The first-order valence-corrected chi connectivity index (χ1v) is 11.7. The van der Waals surface area contributed by atoms with Gasteiger partial charge in [-0.1, -0.05) is 49.7 Å². The zero-order chi connectivity index (χ0) is 21.7. The van der Waals surface area contributed by atoms with Crippen LogP contribution in [0.3, 0.4) is 0 Å². The molecular formula is C25H24F2O2S. The van der Waals surface area contributed by atoms with E-state index in [-0.39, 0.29) is 16.5 Å². The Morgan fingerprint density at radius 3 is 1.57 bits per heavy atom. The molecule has 5 heteroatoms. The van der Waals surface area contributed by atoms with Crippen molar-refractivity contribution in [1.82, 2.24) is 0 Å². The van der Waals surface area contributed by atoms with Gasteiger partial charge in [-0.2, -0.15) is 0 Å². The lowest BCUT2D eigenvalue weighted by atomic mass is 9.87. The van der Waals surface area contributed by atoms with Crippen LogP contribution >= 0.6 is 0 Å². The van der Waals surface area contributed by atoms with Crippen LogP contribution in [0.4, 0.5) is 8.78 Å². The summed E-state index contributed by atoms with van der Waals surface area (Å²) in [6.45, 7) is 2.10. The summed E-state index contributed by atoms with van der Waals surface area (Å²) in [5.41, 5.74) is 4.42. The average Bonchev–Trinajstić information content (AvgIpc) is 2.72. The van der Waals surface area contributed by atoms with Crippen molar-refractivity contribution in [2.75, 3.05) is 6.26 Å². The number of unbranched alkanes of at least 4 members (excludes halogenated alkanes) is 1. The van der Waals surface area contributed by atoms with Crippen LogP contribution in [0.2, 0.25) is 0 Å². The third-order valence-electron chi connectivity index (χ3n) is 4.98. The highest BCUT2D eigenvalue weighted by Gasteiger charge is 2.15. The monoisotopic (exact) mass is 426 g/mol. The van der Waals surface area contributed by atoms with Crippen molar-refractivity contribution in [3.63, 3.8) is 0 Å². The van der Waals surface area contributed by atoms with Gasteiger partial charge in [0.1, 0.15) is 11.6 Å². The van der Waals surface area contributed by atoms with Gasteiger partial charge in [-0.25, -0.2) is 17.2 Å². The van der Waals surface area contributed by atoms with E-state index in [0.717, 1.165) is 47.1 Å². The molecule has 0 bridgehead atoms. The number of hydrogen-bond donors (Lipinski definition) is 0. The third-order valence-corrected chi connectivity index (χ3v) is 6.11. The molecular weight excluding hydrogens is 402 g/mol. The lowest BCUT2D eigenvalue weighted by Crippen LogP contribution is -1.99. The van der Waals surface area contributed by atoms with E-state index in [4.69, 9.17) is 0 Å². The van der Waals surface area contributed by atoms with Crippen molar-refractivity contribution < 1.29 is 17.2 Å². The van der Waals surface area contributed by atoms with Gasteiger partial charge in [0.25, 0.3) is 0 Å². The summed E-state index contributed by atoms with van der Waals surface area (Å²) < 4.78 is 50.8. The molecule has 0 aliphatic carbocycles. The van der Waals surface area contributed by atoms with Crippen molar-refractivity contribution in [3.8, 4) is 0 Å². The van der Waals surface area contributed by atoms with Crippen LogP contribution in [-0.4, -0.2) is 14.7 Å². The Morgan fingerprint density at radius 1 is 0.733 bits per heavy atom. The molecule has 2 nitrogen and oxygen atoms in total. The highest BCUT2D eigenvalue weighted by molar-refractivity contribution is 7.90. The summed E-state index contributed by atoms with van der Waals surface area (Å²) in [6.07, 6.45) is 3.83. The minimum atomic E-state index is -3.30. The van der Waals surface area contributed by atoms with Crippen LogP contribution in [0.25, 0.3) is 11.1 Å². The van der Waals surface area contributed by atoms with Gasteiger partial charge in [0.15, 0.2) is 9.84 Å². The molecule has 3 aromatic rings. The molecule has 0 aliphatic rings. The first-order chi connectivity index (χ1) is 14.3. The second-order valence-electron chi connectivity index (χ2n) is 7.27. The predicted molar refractivity (Wildman–Crippen MR) is 118 cm³/mol. The number of rotatable bonds is 7. The molecule has 0 N–H and O–H groups in total. The summed E-state index contributed by atoms with van der Waals surface area (Å²) >= 11 is 0. The highest BCUT2D eigenvalue weighted by atomic mass is 32.2. The topological polar surface area (TPSA) is 34.1 Å². The molecule has 156 valence electrons. The molecule has 30 heavy (non-hydrogen) atoms. The van der Waals surface area contributed by atoms with E-state index in [1.165, 1.54) is 30.5 Å². The van der Waals surface area contributed by atoms with Crippen molar-refractivity contribution >= 4 is 21.0 Å². The number of benzene rings is 3. The molecule has 0 saturated heterocycles. The first kappa shape index (κ1) is 21.9. The lowest BCUT2D eigenvalue weighted by Gasteiger charge is -2.18. The Morgan fingerprint density at radius 2 is 1.17 bits per heavy atom. The normalized spacial score (nSPS) is 11.3. The second-order valence-corrected chi connectivity index (χ2v) is 9.28. The van der Waals surface area contributed by atoms with Gasteiger partial charge in [0, 0.05) is 6.26 Å². The molecule has 0 heterocycles. The Bertz CT molecular complexity index is 1080. The summed E-state index contributed by atoms with van der Waals surface area (Å²) in [5.74, 6) is -0.658. The Labute approximate surface area is 176 Å². The Hall–Kier alpha value is -2.79. The summed E-state index contributed by atoms with van der Waals surface area (Å²) in [6, 6.07) is 19.3. The first-order valence-electron chi connectivity index (χ1n) is 9.85. The summed E-state index contributed by atoms with van der Waals surface area (Å²) in [5, 5.41) is 0. The minimum absolute atomic E-state index is 0.256. The molecule has 0 unspecified atom stereocenters. The molecule has 0 amide bonds. The van der Waals surface area contributed by atoms with Gasteiger partial charge < -0.3 is 0 Å². The van der Waals surface area contributed by atoms with Gasteiger partial charge in [-0.05, 0) is 77.1 Å². The fraction of sp³-hybridized carbons (Fsp3) is 0.200. The average molecular weight is 427 g/mol. The second kappa shape index (κ2) is 9.35. The van der Waals surface area contributed by atoms with Gasteiger partial charge in [0.2, 0.25) is 0 Å². The van der Waals surface area contributed by atoms with E-state index in [1.54, 1.807) is 48.5 Å². The maximum Gasteiger partial charge on any atom is 0.175 e. The molecule has 0 fully saturated rings. The van der Waals surface area contributed by atoms with Gasteiger partial charge in [-0.3, -0.25) is 0 Å². The fourth-order valence-corrected chi connectivity index (χ4v) is 4.05. The summed E-state index contributed by atoms with van der Waals surface area (Å²) in [4.78, 5) is 0.256. The number of hydrogen-bond acceptors (Lipinski definition) is 2. The molecule has 3 aromatic carbocycles. The molecule has 0 aromatic heterocycles. The van der Waals surface area contributed by atoms with E-state index < -0.39 is 9.84 Å². The van der Waals surface area contributed by atoms with E-state index in [0.29, 0.717) is 0 Å². The zero-order valence-corrected chi connectivity index (χ0v) is 17.8. The molecule has 0 aliphatic heterocycles. The van der Waals surface area contributed by atoms with Crippen molar-refractivity contribution in [1.29, 1.82) is 0 Å². The van der Waals surface area contributed by atoms with E-state index >= 15 is 0 Å². The van der Waals surface area contributed by atoms with Crippen LogP contribution in [0.1, 0.15) is 42.9 Å². The van der Waals surface area contributed by atoms with E-state index in [9.17, 15) is 17.2 Å². The Balaban J connectivity index is 2.25. The molecule has 0 saturated carbocycles. The van der Waals surface area contributed by atoms with Gasteiger partial charge in [-0.15, -0.1) is 0 Å². The van der Waals surface area contributed by atoms with E-state index in [1.807, 2.05) is 0 Å². The van der Waals surface area contributed by atoms with Gasteiger partial charge in [0.05, 0.1) is 4.90 Å². The quantitative estimate of drug-likeness (QED) is 0.403. The zero-order valence-electron chi connectivity index (χ0n) is 17.0. The molecule has 0 radical (unpaired) electrons. The van der Waals surface area contributed by atoms with Crippen molar-refractivity contribution in [2.45, 2.75) is 31.1 Å². The molecule has 0 atom stereocenters. The Kier molecular flexibility index (Phi) is 6.83. The smallest absolute Gasteiger partial charge is 0.175 e.